The molecule has 98 valence electrons. The highest BCUT2D eigenvalue weighted by molar-refractivity contribution is 5.66. The fraction of sp³-hybridized carbons (Fsp3) is 0.417. The Morgan fingerprint density at radius 1 is 1.56 bits per heavy atom. The molecule has 6 heteroatoms. The maximum atomic E-state index is 14.0. The van der Waals surface area contributed by atoms with Crippen LogP contribution in [0.3, 0.4) is 0 Å². The Morgan fingerprint density at radius 3 is 3.00 bits per heavy atom. The lowest BCUT2D eigenvalue weighted by molar-refractivity contribution is -0.137. The SMILES string of the molecule is COc1cc2c(c(CCCC(=O)O)c1F)OCO2. The third-order valence-corrected chi connectivity index (χ3v) is 2.70. The van der Waals surface area contributed by atoms with E-state index in [0.717, 1.165) is 0 Å². The van der Waals surface area contributed by atoms with Gasteiger partial charge in [-0.3, -0.25) is 4.79 Å². The second-order valence-electron chi connectivity index (χ2n) is 3.85. The van der Waals surface area contributed by atoms with E-state index in [-0.39, 0.29) is 25.4 Å². The summed E-state index contributed by atoms with van der Waals surface area (Å²) in [7, 11) is 1.36. The minimum Gasteiger partial charge on any atom is -0.494 e. The van der Waals surface area contributed by atoms with Crippen LogP contribution in [0.25, 0.3) is 0 Å². The van der Waals surface area contributed by atoms with Gasteiger partial charge in [-0.25, -0.2) is 4.39 Å². The Morgan fingerprint density at radius 2 is 2.33 bits per heavy atom. The summed E-state index contributed by atoms with van der Waals surface area (Å²) in [6.45, 7) is 0.0356. The number of hydrogen-bond donors (Lipinski definition) is 1. The molecule has 0 bridgehead atoms. The van der Waals surface area contributed by atoms with Crippen LogP contribution < -0.4 is 14.2 Å². The van der Waals surface area contributed by atoms with Gasteiger partial charge in [-0.1, -0.05) is 0 Å². The van der Waals surface area contributed by atoms with E-state index in [1.54, 1.807) is 0 Å². The normalized spacial score (nSPS) is 12.6. The molecule has 0 aliphatic carbocycles. The second-order valence-corrected chi connectivity index (χ2v) is 3.85. The molecule has 0 spiro atoms. The number of carbonyl (C=O) groups is 1. The van der Waals surface area contributed by atoms with Crippen LogP contribution >= 0.6 is 0 Å². The van der Waals surface area contributed by atoms with Crippen LogP contribution in [-0.4, -0.2) is 25.0 Å². The molecule has 0 amide bonds. The maximum Gasteiger partial charge on any atom is 0.303 e. The van der Waals surface area contributed by atoms with Crippen molar-refractivity contribution in [3.63, 3.8) is 0 Å². The highest BCUT2D eigenvalue weighted by Crippen LogP contribution is 2.42. The van der Waals surface area contributed by atoms with Gasteiger partial charge in [-0.2, -0.15) is 0 Å². The summed E-state index contributed by atoms with van der Waals surface area (Å²) in [6.07, 6.45) is 0.572. The van der Waals surface area contributed by atoms with E-state index in [2.05, 4.69) is 0 Å². The second kappa shape index (κ2) is 5.12. The number of fused-ring (bicyclic) bond motifs is 1. The van der Waals surface area contributed by atoms with Crippen molar-refractivity contribution in [1.82, 2.24) is 0 Å². The molecule has 0 aromatic heterocycles. The highest BCUT2D eigenvalue weighted by atomic mass is 19.1. The summed E-state index contributed by atoms with van der Waals surface area (Å²) in [5.74, 6) is -0.582. The standard InChI is InChI=1S/C12H13FO5/c1-16-8-5-9-12(18-6-17-9)7(11(8)13)3-2-4-10(14)15/h5H,2-4,6H2,1H3,(H,14,15). The predicted molar refractivity (Wildman–Crippen MR) is 59.6 cm³/mol. The van der Waals surface area contributed by atoms with E-state index < -0.39 is 11.8 Å². The van der Waals surface area contributed by atoms with Crippen LogP contribution in [0.5, 0.6) is 17.2 Å². The van der Waals surface area contributed by atoms with Gasteiger partial charge in [0.25, 0.3) is 0 Å². The van der Waals surface area contributed by atoms with Crippen molar-refractivity contribution in [2.45, 2.75) is 19.3 Å². The summed E-state index contributed by atoms with van der Waals surface area (Å²) >= 11 is 0. The molecule has 1 heterocycles. The van der Waals surface area contributed by atoms with Gasteiger partial charge in [0.1, 0.15) is 0 Å². The van der Waals surface area contributed by atoms with Crippen molar-refractivity contribution < 1.29 is 28.5 Å². The zero-order chi connectivity index (χ0) is 13.1. The molecule has 0 saturated carbocycles. The van der Waals surface area contributed by atoms with Gasteiger partial charge in [0.15, 0.2) is 23.1 Å². The number of halogens is 1. The molecule has 0 radical (unpaired) electrons. The fourth-order valence-corrected chi connectivity index (χ4v) is 1.85. The summed E-state index contributed by atoms with van der Waals surface area (Å²) in [6, 6.07) is 1.43. The molecule has 0 unspecified atom stereocenters. The van der Waals surface area contributed by atoms with Gasteiger partial charge in [-0.05, 0) is 12.8 Å². The van der Waals surface area contributed by atoms with Crippen LogP contribution in [0, 0.1) is 5.82 Å². The average Bonchev–Trinajstić information content (AvgIpc) is 2.79. The number of methoxy groups -OCH3 is 1. The summed E-state index contributed by atoms with van der Waals surface area (Å²) < 4.78 is 29.3. The molecule has 18 heavy (non-hydrogen) atoms. The Kier molecular flexibility index (Phi) is 3.55. The van der Waals surface area contributed by atoms with E-state index in [1.165, 1.54) is 13.2 Å². The fourth-order valence-electron chi connectivity index (χ4n) is 1.85. The van der Waals surface area contributed by atoms with E-state index in [9.17, 15) is 9.18 Å². The summed E-state index contributed by atoms with van der Waals surface area (Å²) in [4.78, 5) is 10.5. The third kappa shape index (κ3) is 2.32. The number of benzene rings is 1. The maximum absolute atomic E-state index is 14.0. The number of carboxylic acids is 1. The van der Waals surface area contributed by atoms with Gasteiger partial charge in [0, 0.05) is 18.1 Å². The van der Waals surface area contributed by atoms with E-state index in [1.807, 2.05) is 0 Å². The largest absolute Gasteiger partial charge is 0.494 e. The lowest BCUT2D eigenvalue weighted by atomic mass is 10.1. The number of rotatable bonds is 5. The van der Waals surface area contributed by atoms with E-state index in [0.29, 0.717) is 23.5 Å². The molecule has 0 atom stereocenters. The van der Waals surface area contributed by atoms with Crippen molar-refractivity contribution in [3.8, 4) is 17.2 Å². The predicted octanol–water partition coefficient (Wildman–Crippen LogP) is 1.97. The first kappa shape index (κ1) is 12.5. The van der Waals surface area contributed by atoms with E-state index >= 15 is 0 Å². The Balaban J connectivity index is 2.26. The first-order chi connectivity index (χ1) is 8.63. The first-order valence-corrected chi connectivity index (χ1v) is 5.50. The van der Waals surface area contributed by atoms with Crippen molar-refractivity contribution in [3.05, 3.63) is 17.4 Å². The lowest BCUT2D eigenvalue weighted by Crippen LogP contribution is -2.01. The van der Waals surface area contributed by atoms with Crippen LogP contribution in [0.1, 0.15) is 18.4 Å². The molecule has 0 fully saturated rings. The minimum absolute atomic E-state index is 0.0215. The van der Waals surface area contributed by atoms with Crippen molar-refractivity contribution in [2.24, 2.45) is 0 Å². The smallest absolute Gasteiger partial charge is 0.303 e. The third-order valence-electron chi connectivity index (χ3n) is 2.70. The quantitative estimate of drug-likeness (QED) is 0.872. The first-order valence-electron chi connectivity index (χ1n) is 5.50. The number of aliphatic carboxylic acids is 1. The van der Waals surface area contributed by atoms with E-state index in [4.69, 9.17) is 19.3 Å². The van der Waals surface area contributed by atoms with Crippen molar-refractivity contribution in [2.75, 3.05) is 13.9 Å². The lowest BCUT2D eigenvalue weighted by Gasteiger charge is -2.10. The van der Waals surface area contributed by atoms with Gasteiger partial charge in [0.2, 0.25) is 6.79 Å². The molecular formula is C12H13FO5. The van der Waals surface area contributed by atoms with Crippen LogP contribution in [0.2, 0.25) is 0 Å². The monoisotopic (exact) mass is 256 g/mol. The summed E-state index contributed by atoms with van der Waals surface area (Å²) in [5.41, 5.74) is 0.308. The molecule has 1 aliphatic heterocycles. The molecule has 1 aromatic rings. The Hall–Kier alpha value is -1.98. The highest BCUT2D eigenvalue weighted by Gasteiger charge is 2.24. The number of hydrogen-bond acceptors (Lipinski definition) is 4. The number of carboxylic acid groups (broad SMARTS) is 1. The van der Waals surface area contributed by atoms with Gasteiger partial charge < -0.3 is 19.3 Å². The molecule has 1 N–H and O–H groups in total. The number of ether oxygens (including phenoxy) is 3. The molecule has 5 nitrogen and oxygen atoms in total. The molecule has 0 saturated heterocycles. The minimum atomic E-state index is -0.910. The van der Waals surface area contributed by atoms with Gasteiger partial charge >= 0.3 is 5.97 Å². The zero-order valence-electron chi connectivity index (χ0n) is 9.86. The van der Waals surface area contributed by atoms with Crippen molar-refractivity contribution >= 4 is 5.97 Å². The molecule has 2 rings (SSSR count). The molecule has 1 aliphatic rings. The topological polar surface area (TPSA) is 65.0 Å². The van der Waals surface area contributed by atoms with Gasteiger partial charge in [-0.15, -0.1) is 0 Å². The van der Waals surface area contributed by atoms with Crippen LogP contribution in [0.15, 0.2) is 6.07 Å². The van der Waals surface area contributed by atoms with Crippen LogP contribution in [0.4, 0.5) is 4.39 Å². The molecule has 1 aromatic carbocycles. The zero-order valence-corrected chi connectivity index (χ0v) is 9.86. The Bertz CT molecular complexity index is 471. The summed E-state index contributed by atoms with van der Waals surface area (Å²) in [5, 5.41) is 8.58. The molecular weight excluding hydrogens is 243 g/mol. The van der Waals surface area contributed by atoms with Crippen LogP contribution in [-0.2, 0) is 11.2 Å². The van der Waals surface area contributed by atoms with Gasteiger partial charge in [0.05, 0.1) is 7.11 Å². The average molecular weight is 256 g/mol. The Labute approximate surface area is 103 Å². The van der Waals surface area contributed by atoms with Crippen molar-refractivity contribution in [1.29, 1.82) is 0 Å².